The van der Waals surface area contributed by atoms with Crippen molar-refractivity contribution in [1.82, 2.24) is 20.0 Å². The molecule has 0 saturated carbocycles. The van der Waals surface area contributed by atoms with Gasteiger partial charge in [-0.25, -0.2) is 9.80 Å². The highest BCUT2D eigenvalue weighted by molar-refractivity contribution is 5.91. The van der Waals surface area contributed by atoms with Gasteiger partial charge in [-0.05, 0) is 61.9 Å². The molecular weight excluding hydrogens is 588 g/mol. The average Bonchev–Trinajstić information content (AvgIpc) is 3.73. The van der Waals surface area contributed by atoms with Gasteiger partial charge in [0.2, 0.25) is 0 Å². The number of hydrazone groups is 1. The van der Waals surface area contributed by atoms with E-state index < -0.39 is 5.79 Å². The van der Waals surface area contributed by atoms with Crippen LogP contribution in [-0.2, 0) is 20.8 Å². The average molecular weight is 633 g/mol. The monoisotopic (exact) mass is 632 g/mol. The van der Waals surface area contributed by atoms with Crippen LogP contribution in [0.2, 0.25) is 0 Å². The number of hydrogen-bond acceptors (Lipinski definition) is 10. The summed E-state index contributed by atoms with van der Waals surface area (Å²) in [5.41, 5.74) is 3.12. The summed E-state index contributed by atoms with van der Waals surface area (Å²) in [5, 5.41) is 13.8. The Kier molecular flexibility index (Phi) is 9.71. The number of ether oxygens (including phenoxy) is 4. The van der Waals surface area contributed by atoms with E-state index in [1.54, 1.807) is 29.1 Å². The van der Waals surface area contributed by atoms with Crippen molar-refractivity contribution >= 4 is 29.8 Å². The minimum absolute atomic E-state index is 0.0149. The first kappa shape index (κ1) is 31.8. The fourth-order valence-corrected chi connectivity index (χ4v) is 5.98. The maximum atomic E-state index is 12.9. The Labute approximate surface area is 270 Å². The van der Waals surface area contributed by atoms with Gasteiger partial charge < -0.3 is 28.7 Å². The Morgan fingerprint density at radius 2 is 1.63 bits per heavy atom. The van der Waals surface area contributed by atoms with E-state index in [1.807, 2.05) is 38.1 Å². The molecule has 3 saturated heterocycles. The van der Waals surface area contributed by atoms with Gasteiger partial charge in [0.1, 0.15) is 25.0 Å². The quantitative estimate of drug-likeness (QED) is 0.218. The Bertz CT molecular complexity index is 1430. The molecule has 0 spiro atoms. The van der Waals surface area contributed by atoms with Crippen molar-refractivity contribution in [2.24, 2.45) is 11.0 Å². The summed E-state index contributed by atoms with van der Waals surface area (Å²) in [6.45, 7) is 13.6. The third kappa shape index (κ3) is 6.81. The lowest BCUT2D eigenvalue weighted by molar-refractivity contribution is -0.268. The molecule has 3 aliphatic rings. The van der Waals surface area contributed by atoms with Gasteiger partial charge in [0.15, 0.2) is 5.79 Å². The molecule has 3 aliphatic heterocycles. The maximum absolute atomic E-state index is 12.9. The second-order valence-electron chi connectivity index (χ2n) is 12.0. The zero-order valence-corrected chi connectivity index (χ0v) is 26.9. The SMILES string of the molecule is C=NN(C(=O)N(C)c1ccc(N2CCN(c3ccc(OCC4COC(Cn5nccn5)(C5COC5)O4)cc3)CC2)cc1)C(C)CC. The predicted octanol–water partition coefficient (Wildman–Crippen LogP) is 3.71. The van der Waals surface area contributed by atoms with Crippen molar-refractivity contribution in [2.45, 2.75) is 44.7 Å². The molecule has 2 aromatic carbocycles. The van der Waals surface area contributed by atoms with E-state index in [0.29, 0.717) is 33.0 Å². The fraction of sp³-hybridized carbons (Fsp3) is 0.515. The highest BCUT2D eigenvalue weighted by atomic mass is 16.8. The van der Waals surface area contributed by atoms with Crippen molar-refractivity contribution in [3.63, 3.8) is 0 Å². The molecule has 3 aromatic rings. The van der Waals surface area contributed by atoms with Gasteiger partial charge in [0.25, 0.3) is 0 Å². The number of urea groups is 1. The first-order valence-corrected chi connectivity index (χ1v) is 16.0. The van der Waals surface area contributed by atoms with Crippen LogP contribution >= 0.6 is 0 Å². The molecule has 13 heteroatoms. The van der Waals surface area contributed by atoms with Gasteiger partial charge >= 0.3 is 6.03 Å². The zero-order valence-electron chi connectivity index (χ0n) is 26.9. The number of carbonyl (C=O) groups excluding carboxylic acids is 1. The summed E-state index contributed by atoms with van der Waals surface area (Å²) in [6.07, 6.45) is 3.91. The summed E-state index contributed by atoms with van der Waals surface area (Å²) in [4.78, 5) is 20.9. The number of amides is 2. The number of piperazine rings is 1. The van der Waals surface area contributed by atoms with Crippen LogP contribution in [0, 0.1) is 5.92 Å². The van der Waals surface area contributed by atoms with Crippen LogP contribution < -0.4 is 19.4 Å². The number of anilines is 3. The molecule has 246 valence electrons. The highest BCUT2D eigenvalue weighted by Gasteiger charge is 2.52. The molecule has 3 atom stereocenters. The van der Waals surface area contributed by atoms with Gasteiger partial charge in [-0.2, -0.15) is 20.1 Å². The van der Waals surface area contributed by atoms with E-state index in [1.165, 1.54) is 10.7 Å². The van der Waals surface area contributed by atoms with Crippen LogP contribution in [-0.4, -0.2) is 110 Å². The summed E-state index contributed by atoms with van der Waals surface area (Å²) >= 11 is 0. The summed E-state index contributed by atoms with van der Waals surface area (Å²) < 4.78 is 24.1. The number of aromatic nitrogens is 3. The number of hydrogen-bond donors (Lipinski definition) is 0. The molecule has 0 bridgehead atoms. The zero-order chi connectivity index (χ0) is 32.1. The van der Waals surface area contributed by atoms with Gasteiger partial charge in [-0.3, -0.25) is 4.90 Å². The molecule has 6 rings (SSSR count). The topological polar surface area (TPSA) is 110 Å². The first-order chi connectivity index (χ1) is 22.4. The molecule has 2 amide bonds. The fourth-order valence-electron chi connectivity index (χ4n) is 5.98. The van der Waals surface area contributed by atoms with E-state index in [2.05, 4.69) is 56.1 Å². The van der Waals surface area contributed by atoms with Gasteiger partial charge in [0.05, 0.1) is 44.2 Å². The summed E-state index contributed by atoms with van der Waals surface area (Å²) in [5.74, 6) is 0.136. The van der Waals surface area contributed by atoms with E-state index in [9.17, 15) is 4.79 Å². The van der Waals surface area contributed by atoms with Crippen LogP contribution in [0.3, 0.4) is 0 Å². The Morgan fingerprint density at radius 1 is 1.02 bits per heavy atom. The lowest BCUT2D eigenvalue weighted by Crippen LogP contribution is -2.53. The van der Waals surface area contributed by atoms with E-state index in [0.717, 1.165) is 49.7 Å². The van der Waals surface area contributed by atoms with Crippen molar-refractivity contribution in [1.29, 1.82) is 0 Å². The molecule has 13 nitrogen and oxygen atoms in total. The number of rotatable bonds is 12. The molecule has 1 aromatic heterocycles. The van der Waals surface area contributed by atoms with Gasteiger partial charge in [-0.1, -0.05) is 6.92 Å². The Balaban J connectivity index is 0.970. The largest absolute Gasteiger partial charge is 0.491 e. The minimum atomic E-state index is -0.799. The standard InChI is InChI=1S/C33H44N8O5/c1-5-25(2)41(34-3)32(42)37(4)27-6-8-28(9-7-27)38-16-18-39(19-17-38)29-10-12-30(13-11-29)44-22-31-23-45-33(46-31,26-20-43-21-26)24-40-35-14-15-36-40/h6-15,25-26,31H,3,5,16-24H2,1-2,4H3. The molecule has 0 aliphatic carbocycles. The second kappa shape index (κ2) is 14.1. The van der Waals surface area contributed by atoms with E-state index >= 15 is 0 Å². The molecule has 0 radical (unpaired) electrons. The third-order valence-corrected chi connectivity index (χ3v) is 9.13. The smallest absolute Gasteiger partial charge is 0.344 e. The first-order valence-electron chi connectivity index (χ1n) is 16.0. The lowest BCUT2D eigenvalue weighted by Gasteiger charge is -2.40. The minimum Gasteiger partial charge on any atom is -0.491 e. The maximum Gasteiger partial charge on any atom is 0.344 e. The van der Waals surface area contributed by atoms with Crippen molar-refractivity contribution in [3.8, 4) is 5.75 Å². The summed E-state index contributed by atoms with van der Waals surface area (Å²) in [7, 11) is 1.77. The highest BCUT2D eigenvalue weighted by Crippen LogP contribution is 2.37. The van der Waals surface area contributed by atoms with E-state index in [-0.39, 0.29) is 24.1 Å². The molecule has 4 heterocycles. The number of benzene rings is 2. The Hall–Kier alpha value is -4.20. The predicted molar refractivity (Wildman–Crippen MR) is 176 cm³/mol. The Morgan fingerprint density at radius 3 is 2.17 bits per heavy atom. The molecule has 0 N–H and O–H groups in total. The summed E-state index contributed by atoms with van der Waals surface area (Å²) in [6, 6.07) is 16.2. The van der Waals surface area contributed by atoms with Crippen LogP contribution in [0.25, 0.3) is 0 Å². The van der Waals surface area contributed by atoms with Crippen LogP contribution in [0.15, 0.2) is 66.0 Å². The molecular formula is C33H44N8O5. The second-order valence-corrected chi connectivity index (χ2v) is 12.0. The van der Waals surface area contributed by atoms with Crippen LogP contribution in [0.1, 0.15) is 20.3 Å². The van der Waals surface area contributed by atoms with Gasteiger partial charge in [-0.15, -0.1) is 0 Å². The molecule has 46 heavy (non-hydrogen) atoms. The lowest BCUT2D eigenvalue weighted by atomic mass is 9.96. The van der Waals surface area contributed by atoms with Gasteiger partial charge in [0, 0.05) is 57.0 Å². The van der Waals surface area contributed by atoms with Crippen molar-refractivity contribution in [3.05, 3.63) is 60.9 Å². The van der Waals surface area contributed by atoms with Crippen LogP contribution in [0.4, 0.5) is 21.9 Å². The molecule has 3 unspecified atom stereocenters. The number of carbonyl (C=O) groups is 1. The van der Waals surface area contributed by atoms with Crippen molar-refractivity contribution in [2.75, 3.05) is 74.4 Å². The van der Waals surface area contributed by atoms with E-state index in [4.69, 9.17) is 18.9 Å². The number of nitrogens with zero attached hydrogens (tertiary/aromatic N) is 8. The van der Waals surface area contributed by atoms with Crippen molar-refractivity contribution < 1.29 is 23.7 Å². The normalized spacial score (nSPS) is 22.3. The van der Waals surface area contributed by atoms with Crippen LogP contribution in [0.5, 0.6) is 5.75 Å². The third-order valence-electron chi connectivity index (χ3n) is 9.13. The molecule has 3 fully saturated rings.